The fraction of sp³-hybridized carbons (Fsp3) is 0.312. The van der Waals surface area contributed by atoms with E-state index in [0.29, 0.717) is 29.5 Å². The van der Waals surface area contributed by atoms with Gasteiger partial charge < -0.3 is 9.84 Å². The standard InChI is InChI=1S/C16H19N7O4S/c1-2-9-28(25,26)23-12-5-3-11(4-6-12)19-13(24)7-8-14-20-16(22-27-14)15-17-10-18-21-15/h3-6,10,23H,2,7-9H2,1H3,(H,19,24)(H,17,18,21). The van der Waals surface area contributed by atoms with Gasteiger partial charge in [-0.05, 0) is 30.7 Å². The summed E-state index contributed by atoms with van der Waals surface area (Å²) in [5, 5.41) is 12.8. The van der Waals surface area contributed by atoms with Crippen LogP contribution < -0.4 is 10.0 Å². The Balaban J connectivity index is 1.50. The molecule has 0 saturated carbocycles. The Morgan fingerprint density at radius 1 is 1.21 bits per heavy atom. The first kappa shape index (κ1) is 19.5. The number of carbonyl (C=O) groups excluding carboxylic acids is 1. The van der Waals surface area contributed by atoms with Gasteiger partial charge in [-0.3, -0.25) is 14.6 Å². The van der Waals surface area contributed by atoms with Gasteiger partial charge >= 0.3 is 0 Å². The average Bonchev–Trinajstić information content (AvgIpc) is 3.33. The number of nitrogens with zero attached hydrogens (tertiary/aromatic N) is 4. The molecule has 0 aliphatic heterocycles. The van der Waals surface area contributed by atoms with Crippen LogP contribution in [0.3, 0.4) is 0 Å². The number of aromatic amines is 1. The van der Waals surface area contributed by atoms with Crippen LogP contribution in [0, 0.1) is 0 Å². The van der Waals surface area contributed by atoms with Crippen molar-refractivity contribution in [1.29, 1.82) is 0 Å². The maximum Gasteiger partial charge on any atom is 0.239 e. The van der Waals surface area contributed by atoms with Crippen LogP contribution in [-0.4, -0.2) is 45.4 Å². The molecule has 0 unspecified atom stereocenters. The first-order chi connectivity index (χ1) is 13.4. The van der Waals surface area contributed by atoms with Crippen molar-refractivity contribution >= 4 is 27.3 Å². The van der Waals surface area contributed by atoms with Gasteiger partial charge in [-0.25, -0.2) is 13.4 Å². The number of hydrogen-bond donors (Lipinski definition) is 3. The lowest BCUT2D eigenvalue weighted by Crippen LogP contribution is -2.16. The minimum Gasteiger partial charge on any atom is -0.339 e. The number of sulfonamides is 1. The third-order valence-corrected chi connectivity index (χ3v) is 5.07. The summed E-state index contributed by atoms with van der Waals surface area (Å²) in [6.45, 7) is 1.79. The highest BCUT2D eigenvalue weighted by atomic mass is 32.2. The number of rotatable bonds is 9. The summed E-state index contributed by atoms with van der Waals surface area (Å²) in [5.41, 5.74) is 0.994. The summed E-state index contributed by atoms with van der Waals surface area (Å²) < 4.78 is 31.1. The number of nitrogens with one attached hydrogen (secondary N) is 3. The molecule has 0 bridgehead atoms. The SMILES string of the molecule is CCCS(=O)(=O)Nc1ccc(NC(=O)CCc2nc(-c3ncn[nH]3)no2)cc1. The van der Waals surface area contributed by atoms with E-state index in [1.54, 1.807) is 31.2 Å². The second-order valence-corrected chi connectivity index (χ2v) is 7.73. The molecule has 3 rings (SSSR count). The monoisotopic (exact) mass is 405 g/mol. The molecule has 1 aromatic carbocycles. The molecule has 3 aromatic rings. The van der Waals surface area contributed by atoms with Crippen LogP contribution in [0.1, 0.15) is 25.7 Å². The molecule has 0 saturated heterocycles. The van der Waals surface area contributed by atoms with Crippen molar-refractivity contribution in [3.63, 3.8) is 0 Å². The molecule has 0 aliphatic rings. The fourth-order valence-electron chi connectivity index (χ4n) is 2.33. The van der Waals surface area contributed by atoms with Crippen molar-refractivity contribution in [2.24, 2.45) is 0 Å². The van der Waals surface area contributed by atoms with Crippen LogP contribution in [0.2, 0.25) is 0 Å². The molecule has 0 aliphatic carbocycles. The zero-order valence-electron chi connectivity index (χ0n) is 15.0. The van der Waals surface area contributed by atoms with E-state index in [9.17, 15) is 13.2 Å². The molecule has 2 heterocycles. The Morgan fingerprint density at radius 3 is 2.64 bits per heavy atom. The van der Waals surface area contributed by atoms with E-state index in [-0.39, 0.29) is 30.3 Å². The lowest BCUT2D eigenvalue weighted by Gasteiger charge is -2.08. The highest BCUT2D eigenvalue weighted by Gasteiger charge is 2.13. The van der Waals surface area contributed by atoms with Gasteiger partial charge in [0.25, 0.3) is 0 Å². The maximum absolute atomic E-state index is 12.1. The normalized spacial score (nSPS) is 11.3. The van der Waals surface area contributed by atoms with Gasteiger partial charge in [0.15, 0.2) is 5.82 Å². The molecule has 0 radical (unpaired) electrons. The summed E-state index contributed by atoms with van der Waals surface area (Å²) in [7, 11) is -3.35. The number of hydrogen-bond acceptors (Lipinski definition) is 8. The van der Waals surface area contributed by atoms with Crippen molar-refractivity contribution in [2.75, 3.05) is 15.8 Å². The Bertz CT molecular complexity index is 1010. The summed E-state index contributed by atoms with van der Waals surface area (Å²) in [6, 6.07) is 6.42. The van der Waals surface area contributed by atoms with E-state index in [2.05, 4.69) is 35.4 Å². The minimum atomic E-state index is -3.35. The van der Waals surface area contributed by atoms with Crippen molar-refractivity contribution in [3.8, 4) is 11.6 Å². The molecule has 0 atom stereocenters. The molecule has 28 heavy (non-hydrogen) atoms. The zero-order chi connectivity index (χ0) is 20.0. The molecule has 1 amide bonds. The number of anilines is 2. The predicted molar refractivity (Wildman–Crippen MR) is 101 cm³/mol. The molecular weight excluding hydrogens is 386 g/mol. The lowest BCUT2D eigenvalue weighted by atomic mass is 10.2. The molecule has 3 N–H and O–H groups in total. The molecule has 2 aromatic heterocycles. The van der Waals surface area contributed by atoms with Crippen molar-refractivity contribution < 1.29 is 17.7 Å². The third kappa shape index (κ3) is 5.36. The molecule has 0 spiro atoms. The topological polar surface area (TPSA) is 156 Å². The molecule has 148 valence electrons. The predicted octanol–water partition coefficient (Wildman–Crippen LogP) is 1.58. The van der Waals surface area contributed by atoms with E-state index in [1.807, 2.05) is 0 Å². The van der Waals surface area contributed by atoms with Crippen LogP contribution in [0.15, 0.2) is 35.1 Å². The first-order valence-electron chi connectivity index (χ1n) is 8.54. The maximum atomic E-state index is 12.1. The Hall–Kier alpha value is -3.28. The fourth-order valence-corrected chi connectivity index (χ4v) is 3.47. The van der Waals surface area contributed by atoms with E-state index < -0.39 is 10.0 Å². The van der Waals surface area contributed by atoms with Crippen LogP contribution in [-0.2, 0) is 21.2 Å². The summed E-state index contributed by atoms with van der Waals surface area (Å²) in [4.78, 5) is 20.1. The molecule has 11 nitrogen and oxygen atoms in total. The van der Waals surface area contributed by atoms with Crippen LogP contribution in [0.5, 0.6) is 0 Å². The Labute approximate surface area is 161 Å². The second kappa shape index (κ2) is 8.61. The highest BCUT2D eigenvalue weighted by Crippen LogP contribution is 2.16. The van der Waals surface area contributed by atoms with Gasteiger partial charge in [-0.15, -0.1) is 0 Å². The largest absolute Gasteiger partial charge is 0.339 e. The summed E-state index contributed by atoms with van der Waals surface area (Å²) >= 11 is 0. The Kier molecular flexibility index (Phi) is 5.99. The van der Waals surface area contributed by atoms with Crippen molar-refractivity contribution in [1.82, 2.24) is 25.3 Å². The molecular formula is C16H19N7O4S. The number of amides is 1. The minimum absolute atomic E-state index is 0.0549. The van der Waals surface area contributed by atoms with Crippen molar-refractivity contribution in [3.05, 3.63) is 36.5 Å². The average molecular weight is 405 g/mol. The van der Waals surface area contributed by atoms with E-state index in [4.69, 9.17) is 4.52 Å². The number of benzene rings is 1. The van der Waals surface area contributed by atoms with E-state index >= 15 is 0 Å². The smallest absolute Gasteiger partial charge is 0.239 e. The Morgan fingerprint density at radius 2 is 1.96 bits per heavy atom. The lowest BCUT2D eigenvalue weighted by molar-refractivity contribution is -0.116. The van der Waals surface area contributed by atoms with Crippen molar-refractivity contribution in [2.45, 2.75) is 26.2 Å². The van der Waals surface area contributed by atoms with Crippen LogP contribution in [0.4, 0.5) is 11.4 Å². The number of aromatic nitrogens is 5. The van der Waals surface area contributed by atoms with Gasteiger partial charge in [-0.1, -0.05) is 12.1 Å². The number of H-pyrrole nitrogens is 1. The van der Waals surface area contributed by atoms with Gasteiger partial charge in [0.2, 0.25) is 27.6 Å². The van der Waals surface area contributed by atoms with Gasteiger partial charge in [0, 0.05) is 24.2 Å². The van der Waals surface area contributed by atoms with Gasteiger partial charge in [0.05, 0.1) is 5.75 Å². The zero-order valence-corrected chi connectivity index (χ0v) is 15.9. The summed E-state index contributed by atoms with van der Waals surface area (Å²) in [5.74, 6) is 0.781. The first-order valence-corrected chi connectivity index (χ1v) is 10.2. The van der Waals surface area contributed by atoms with Gasteiger partial charge in [-0.2, -0.15) is 10.1 Å². The van der Waals surface area contributed by atoms with E-state index in [1.165, 1.54) is 6.33 Å². The second-order valence-electron chi connectivity index (χ2n) is 5.89. The highest BCUT2D eigenvalue weighted by molar-refractivity contribution is 7.92. The van der Waals surface area contributed by atoms with Crippen LogP contribution >= 0.6 is 0 Å². The van der Waals surface area contributed by atoms with E-state index in [0.717, 1.165) is 0 Å². The third-order valence-electron chi connectivity index (χ3n) is 3.58. The van der Waals surface area contributed by atoms with Crippen LogP contribution in [0.25, 0.3) is 11.6 Å². The number of aryl methyl sites for hydroxylation is 1. The molecule has 12 heteroatoms. The number of carbonyl (C=O) groups is 1. The quantitative estimate of drug-likeness (QED) is 0.484. The summed E-state index contributed by atoms with van der Waals surface area (Å²) in [6.07, 6.45) is 2.27. The van der Waals surface area contributed by atoms with Gasteiger partial charge in [0.1, 0.15) is 6.33 Å². The molecule has 0 fully saturated rings.